The Balaban J connectivity index is 2.71. The van der Waals surface area contributed by atoms with Crippen LogP contribution in [0.3, 0.4) is 0 Å². The lowest BCUT2D eigenvalue weighted by Crippen LogP contribution is -2.19. The summed E-state index contributed by atoms with van der Waals surface area (Å²) in [4.78, 5) is 8.13. The van der Waals surface area contributed by atoms with Crippen LogP contribution in [0.25, 0.3) is 0 Å². The van der Waals surface area contributed by atoms with Crippen molar-refractivity contribution in [1.82, 2.24) is 9.97 Å². The van der Waals surface area contributed by atoms with Crippen LogP contribution in [0.2, 0.25) is 0 Å². The molecule has 0 radical (unpaired) electrons. The largest absolute Gasteiger partial charge is 0.373 e. The van der Waals surface area contributed by atoms with Crippen molar-refractivity contribution in [3.05, 3.63) is 6.07 Å². The highest BCUT2D eigenvalue weighted by molar-refractivity contribution is 7.98. The summed E-state index contributed by atoms with van der Waals surface area (Å²) in [5.74, 6) is 2.79. The van der Waals surface area contributed by atoms with E-state index in [1.54, 1.807) is 18.8 Å². The number of nitrogens with zero attached hydrogens (tertiary/aromatic N) is 2. The van der Waals surface area contributed by atoms with Crippen molar-refractivity contribution in [1.29, 1.82) is 0 Å². The van der Waals surface area contributed by atoms with Gasteiger partial charge >= 0.3 is 0 Å². The molecule has 0 amide bonds. The van der Waals surface area contributed by atoms with Gasteiger partial charge in [-0.15, -0.1) is 0 Å². The van der Waals surface area contributed by atoms with Crippen molar-refractivity contribution in [3.8, 4) is 0 Å². The zero-order valence-electron chi connectivity index (χ0n) is 9.24. The molecule has 0 saturated carbocycles. The van der Waals surface area contributed by atoms with Gasteiger partial charge in [0.15, 0.2) is 0 Å². The molecule has 1 aromatic rings. The summed E-state index contributed by atoms with van der Waals surface area (Å²) in [6, 6.07) is 2.20. The molecule has 84 valence electrons. The molecule has 1 aromatic heterocycles. The minimum Gasteiger partial charge on any atom is -0.373 e. The van der Waals surface area contributed by atoms with E-state index in [-0.39, 0.29) is 5.95 Å². The number of hydrogen-bond donors (Lipinski definition) is 3. The van der Waals surface area contributed by atoms with Crippen LogP contribution in [-0.2, 0) is 0 Å². The summed E-state index contributed by atoms with van der Waals surface area (Å²) >= 11 is 1.79. The Bertz CT molecular complexity index is 317. The first-order valence-corrected chi connectivity index (χ1v) is 6.13. The fourth-order valence-corrected chi connectivity index (χ4v) is 1.80. The SMILES string of the molecule is CNc1cc(NC(C)CSC)nc(N)n1. The van der Waals surface area contributed by atoms with E-state index >= 15 is 0 Å². The van der Waals surface area contributed by atoms with E-state index in [2.05, 4.69) is 33.8 Å². The van der Waals surface area contributed by atoms with Crippen molar-refractivity contribution in [2.24, 2.45) is 0 Å². The third-order valence-electron chi connectivity index (χ3n) is 1.81. The molecule has 4 N–H and O–H groups in total. The first-order valence-electron chi connectivity index (χ1n) is 4.73. The Morgan fingerprint density at radius 1 is 1.47 bits per heavy atom. The molecular weight excluding hydrogens is 210 g/mol. The molecule has 0 fully saturated rings. The van der Waals surface area contributed by atoms with E-state index in [1.165, 1.54) is 0 Å². The summed E-state index contributed by atoms with van der Waals surface area (Å²) in [7, 11) is 1.80. The molecule has 1 atom stereocenters. The van der Waals surface area contributed by atoms with Crippen LogP contribution in [0.15, 0.2) is 6.07 Å². The number of nitrogens with one attached hydrogen (secondary N) is 2. The Hall–Kier alpha value is -1.17. The van der Waals surface area contributed by atoms with Crippen LogP contribution in [0, 0.1) is 0 Å². The predicted octanol–water partition coefficient (Wildman–Crippen LogP) is 1.26. The molecule has 0 aliphatic carbocycles. The molecule has 1 heterocycles. The molecule has 1 rings (SSSR count). The highest BCUT2D eigenvalue weighted by atomic mass is 32.2. The zero-order valence-corrected chi connectivity index (χ0v) is 10.1. The van der Waals surface area contributed by atoms with Gasteiger partial charge in [0.1, 0.15) is 11.6 Å². The fourth-order valence-electron chi connectivity index (χ4n) is 1.21. The third-order valence-corrected chi connectivity index (χ3v) is 2.64. The first kappa shape index (κ1) is 11.9. The van der Waals surface area contributed by atoms with Gasteiger partial charge in [0, 0.05) is 24.9 Å². The molecule has 0 bridgehead atoms. The summed E-state index contributed by atoms with van der Waals surface area (Å²) < 4.78 is 0. The highest BCUT2D eigenvalue weighted by Gasteiger charge is 2.04. The van der Waals surface area contributed by atoms with Gasteiger partial charge in [-0.25, -0.2) is 0 Å². The maximum atomic E-state index is 5.58. The number of aromatic nitrogens is 2. The molecule has 1 unspecified atom stereocenters. The van der Waals surface area contributed by atoms with Gasteiger partial charge in [-0.1, -0.05) is 0 Å². The van der Waals surface area contributed by atoms with Crippen LogP contribution in [0.1, 0.15) is 6.92 Å². The van der Waals surface area contributed by atoms with Crippen LogP contribution < -0.4 is 16.4 Å². The van der Waals surface area contributed by atoms with E-state index in [0.29, 0.717) is 6.04 Å². The summed E-state index contributed by atoms with van der Waals surface area (Å²) in [5.41, 5.74) is 5.58. The molecule has 6 heteroatoms. The van der Waals surface area contributed by atoms with Crippen molar-refractivity contribution < 1.29 is 0 Å². The quantitative estimate of drug-likeness (QED) is 0.703. The third kappa shape index (κ3) is 3.83. The molecule has 0 saturated heterocycles. The number of anilines is 3. The van der Waals surface area contributed by atoms with Gasteiger partial charge in [0.25, 0.3) is 0 Å². The smallest absolute Gasteiger partial charge is 0.223 e. The van der Waals surface area contributed by atoms with Crippen molar-refractivity contribution >= 4 is 29.3 Å². The lowest BCUT2D eigenvalue weighted by molar-refractivity contribution is 0.901. The normalized spacial score (nSPS) is 12.2. The van der Waals surface area contributed by atoms with Gasteiger partial charge < -0.3 is 16.4 Å². The van der Waals surface area contributed by atoms with Crippen LogP contribution in [-0.4, -0.2) is 35.1 Å². The summed E-state index contributed by atoms with van der Waals surface area (Å²) in [5, 5.41) is 6.20. The number of nitrogens with two attached hydrogens (primary N) is 1. The van der Waals surface area contributed by atoms with Gasteiger partial charge in [-0.3, -0.25) is 0 Å². The average Bonchev–Trinajstić information content (AvgIpc) is 2.17. The minimum absolute atomic E-state index is 0.278. The maximum Gasteiger partial charge on any atom is 0.223 e. The molecule has 0 aliphatic rings. The molecule has 0 aliphatic heterocycles. The van der Waals surface area contributed by atoms with Gasteiger partial charge in [0.2, 0.25) is 5.95 Å². The number of hydrogen-bond acceptors (Lipinski definition) is 6. The predicted molar refractivity (Wildman–Crippen MR) is 67.5 cm³/mol. The Kier molecular flexibility index (Phi) is 4.48. The second-order valence-corrected chi connectivity index (χ2v) is 4.16. The van der Waals surface area contributed by atoms with E-state index in [0.717, 1.165) is 17.4 Å². The lowest BCUT2D eigenvalue weighted by Gasteiger charge is -2.13. The van der Waals surface area contributed by atoms with Gasteiger partial charge in [-0.05, 0) is 13.2 Å². The topological polar surface area (TPSA) is 75.9 Å². The second kappa shape index (κ2) is 5.65. The Labute approximate surface area is 94.3 Å². The van der Waals surface area contributed by atoms with Crippen molar-refractivity contribution in [2.45, 2.75) is 13.0 Å². The first-order chi connectivity index (χ1) is 7.15. The van der Waals surface area contributed by atoms with Crippen molar-refractivity contribution in [3.63, 3.8) is 0 Å². The standard InChI is InChI=1S/C9H17N5S/c1-6(5-15-3)12-8-4-7(11-2)13-9(10)14-8/h4,6H,5H2,1-3H3,(H4,10,11,12,13,14). The number of rotatable bonds is 5. The number of nitrogen functional groups attached to an aromatic ring is 1. The number of thioether (sulfide) groups is 1. The van der Waals surface area contributed by atoms with E-state index < -0.39 is 0 Å². The molecule has 0 aromatic carbocycles. The van der Waals surface area contributed by atoms with Gasteiger partial charge in [-0.2, -0.15) is 21.7 Å². The Morgan fingerprint density at radius 2 is 2.13 bits per heavy atom. The molecule has 15 heavy (non-hydrogen) atoms. The second-order valence-electron chi connectivity index (χ2n) is 3.25. The average molecular weight is 227 g/mol. The highest BCUT2D eigenvalue weighted by Crippen LogP contribution is 2.13. The molecule has 0 spiro atoms. The Morgan fingerprint density at radius 3 is 2.73 bits per heavy atom. The van der Waals surface area contributed by atoms with Crippen LogP contribution >= 0.6 is 11.8 Å². The molecule has 5 nitrogen and oxygen atoms in total. The van der Waals surface area contributed by atoms with Crippen LogP contribution in [0.4, 0.5) is 17.6 Å². The van der Waals surface area contributed by atoms with Gasteiger partial charge in [0.05, 0.1) is 0 Å². The zero-order chi connectivity index (χ0) is 11.3. The van der Waals surface area contributed by atoms with E-state index in [1.807, 2.05) is 6.07 Å². The van der Waals surface area contributed by atoms with Crippen molar-refractivity contribution in [2.75, 3.05) is 35.4 Å². The fraction of sp³-hybridized carbons (Fsp3) is 0.556. The molecular formula is C9H17N5S. The van der Waals surface area contributed by atoms with E-state index in [4.69, 9.17) is 5.73 Å². The maximum absolute atomic E-state index is 5.58. The minimum atomic E-state index is 0.278. The van der Waals surface area contributed by atoms with Crippen LogP contribution in [0.5, 0.6) is 0 Å². The monoisotopic (exact) mass is 227 g/mol. The lowest BCUT2D eigenvalue weighted by atomic mass is 10.4. The summed E-state index contributed by atoms with van der Waals surface area (Å²) in [6.07, 6.45) is 2.07. The summed E-state index contributed by atoms with van der Waals surface area (Å²) in [6.45, 7) is 2.11. The van der Waals surface area contributed by atoms with E-state index in [9.17, 15) is 0 Å².